The second-order valence-electron chi connectivity index (χ2n) is 6.55. The summed E-state index contributed by atoms with van der Waals surface area (Å²) in [6, 6.07) is 35.6. The molecule has 0 bridgehead atoms. The van der Waals surface area contributed by atoms with Gasteiger partial charge >= 0.3 is 5.97 Å². The van der Waals surface area contributed by atoms with E-state index in [2.05, 4.69) is 72.8 Å². The third-order valence-corrected chi connectivity index (χ3v) is 10.5. The Labute approximate surface area is 169 Å². The van der Waals surface area contributed by atoms with E-state index in [-0.39, 0.29) is 0 Å². The number of hydrogen-bond acceptors (Lipinski definition) is 2. The van der Waals surface area contributed by atoms with E-state index < -0.39 is 13.2 Å². The fourth-order valence-electron chi connectivity index (χ4n) is 3.58. The van der Waals surface area contributed by atoms with Gasteiger partial charge in [-0.1, -0.05) is 54.6 Å². The number of benzene rings is 3. The molecule has 0 spiro atoms. The van der Waals surface area contributed by atoms with E-state index in [9.17, 15) is 9.90 Å². The van der Waals surface area contributed by atoms with Crippen LogP contribution in [0.1, 0.15) is 14.5 Å². The van der Waals surface area contributed by atoms with Gasteiger partial charge in [0.25, 0.3) is 0 Å². The van der Waals surface area contributed by atoms with Crippen molar-refractivity contribution in [2.45, 2.75) is 6.16 Å². The van der Waals surface area contributed by atoms with Crippen LogP contribution in [0.3, 0.4) is 0 Å². The second-order valence-corrected chi connectivity index (χ2v) is 11.2. The van der Waals surface area contributed by atoms with Crippen LogP contribution in [-0.2, 0) is 6.16 Å². The van der Waals surface area contributed by atoms with Gasteiger partial charge in [0.2, 0.25) is 0 Å². The minimum Gasteiger partial charge on any atom is -0.477 e. The average molecular weight is 403 g/mol. The summed E-state index contributed by atoms with van der Waals surface area (Å²) in [4.78, 5) is 12.9. The van der Waals surface area contributed by atoms with Crippen molar-refractivity contribution in [1.29, 1.82) is 0 Å². The Hall–Kier alpha value is -2.74. The standard InChI is InChI=1S/C24H19O2PS/c25-24(26)23-17-16-22(28-23)18-27(19-10-4-1-5-11-19,20-12-6-2-7-13-20)21-14-8-3-9-15-21/h1-17H,18H2/p+1. The summed E-state index contributed by atoms with van der Waals surface area (Å²) in [6.45, 7) is 0. The van der Waals surface area contributed by atoms with Crippen molar-refractivity contribution >= 4 is 40.5 Å². The van der Waals surface area contributed by atoms with E-state index in [0.717, 1.165) is 11.0 Å². The summed E-state index contributed by atoms with van der Waals surface area (Å²) in [5.41, 5.74) is 0. The lowest BCUT2D eigenvalue weighted by atomic mass is 10.4. The number of carboxylic acid groups (broad SMARTS) is 1. The van der Waals surface area contributed by atoms with Crippen molar-refractivity contribution in [2.24, 2.45) is 0 Å². The van der Waals surface area contributed by atoms with E-state index in [1.807, 2.05) is 24.3 Å². The first-order valence-corrected chi connectivity index (χ1v) is 11.9. The predicted molar refractivity (Wildman–Crippen MR) is 120 cm³/mol. The molecule has 28 heavy (non-hydrogen) atoms. The van der Waals surface area contributed by atoms with Crippen LogP contribution < -0.4 is 15.9 Å². The number of carbonyl (C=O) groups is 1. The van der Waals surface area contributed by atoms with E-state index in [1.165, 1.54) is 27.3 Å². The van der Waals surface area contributed by atoms with Crippen molar-refractivity contribution < 1.29 is 9.90 Å². The third kappa shape index (κ3) is 3.52. The fraction of sp³-hybridized carbons (Fsp3) is 0.0417. The fourth-order valence-corrected chi connectivity index (χ4v) is 9.12. The van der Waals surface area contributed by atoms with Crippen molar-refractivity contribution in [3.8, 4) is 0 Å². The van der Waals surface area contributed by atoms with Gasteiger partial charge in [-0.2, -0.15) is 0 Å². The molecule has 0 atom stereocenters. The molecule has 1 N–H and O–H groups in total. The largest absolute Gasteiger partial charge is 0.477 e. The van der Waals surface area contributed by atoms with E-state index in [4.69, 9.17) is 0 Å². The van der Waals surface area contributed by atoms with Crippen molar-refractivity contribution in [1.82, 2.24) is 0 Å². The first kappa shape index (κ1) is 18.6. The molecular weight excluding hydrogens is 383 g/mol. The normalized spacial score (nSPS) is 11.3. The summed E-state index contributed by atoms with van der Waals surface area (Å²) in [6.07, 6.45) is 0.809. The number of carboxylic acids is 1. The maximum absolute atomic E-state index is 11.4. The zero-order valence-electron chi connectivity index (χ0n) is 15.2. The highest BCUT2D eigenvalue weighted by Gasteiger charge is 2.45. The highest BCUT2D eigenvalue weighted by molar-refractivity contribution is 7.95. The minimum absolute atomic E-state index is 0.391. The van der Waals surface area contributed by atoms with Crippen LogP contribution in [0.5, 0.6) is 0 Å². The Bertz CT molecular complexity index is 963. The lowest BCUT2D eigenvalue weighted by molar-refractivity contribution is 0.0702. The molecule has 0 fully saturated rings. The van der Waals surface area contributed by atoms with Crippen LogP contribution in [-0.4, -0.2) is 11.1 Å². The first-order chi connectivity index (χ1) is 13.7. The molecule has 0 aliphatic carbocycles. The summed E-state index contributed by atoms with van der Waals surface area (Å²) < 4.78 is 0. The van der Waals surface area contributed by atoms with Gasteiger partial charge in [-0.3, -0.25) is 0 Å². The lowest BCUT2D eigenvalue weighted by Crippen LogP contribution is -2.32. The molecule has 4 aromatic rings. The first-order valence-electron chi connectivity index (χ1n) is 9.07. The van der Waals surface area contributed by atoms with E-state index >= 15 is 0 Å². The topological polar surface area (TPSA) is 37.3 Å². The monoisotopic (exact) mass is 403 g/mol. The molecule has 0 aliphatic heterocycles. The van der Waals surface area contributed by atoms with Crippen molar-refractivity contribution in [3.63, 3.8) is 0 Å². The summed E-state index contributed by atoms with van der Waals surface area (Å²) in [5.74, 6) is -0.862. The predicted octanol–water partition coefficient (Wildman–Crippen LogP) is 4.94. The molecule has 0 amide bonds. The number of thiophene rings is 1. The Kier molecular flexibility index (Phi) is 5.38. The summed E-state index contributed by atoms with van der Waals surface area (Å²) >= 11 is 1.38. The van der Waals surface area contributed by atoms with Crippen molar-refractivity contribution in [2.75, 3.05) is 0 Å². The van der Waals surface area contributed by atoms with Gasteiger partial charge in [-0.25, -0.2) is 4.79 Å². The van der Waals surface area contributed by atoms with Gasteiger partial charge in [-0.15, -0.1) is 11.3 Å². The molecule has 0 aliphatic rings. The van der Waals surface area contributed by atoms with Gasteiger partial charge in [0.05, 0.1) is 0 Å². The molecule has 4 rings (SSSR count). The van der Waals surface area contributed by atoms with Crippen molar-refractivity contribution in [3.05, 3.63) is 113 Å². The molecule has 0 saturated carbocycles. The summed E-state index contributed by atoms with van der Waals surface area (Å²) in [7, 11) is -1.97. The molecule has 2 nitrogen and oxygen atoms in total. The Morgan fingerprint density at radius 1 is 0.679 bits per heavy atom. The SMILES string of the molecule is O=C(O)c1ccc(C[P+](c2ccccc2)(c2ccccc2)c2ccccc2)s1. The van der Waals surface area contributed by atoms with Crippen LogP contribution >= 0.6 is 18.6 Å². The van der Waals surface area contributed by atoms with Crippen LogP contribution in [0.25, 0.3) is 0 Å². The van der Waals surface area contributed by atoms with Gasteiger partial charge < -0.3 is 5.11 Å². The maximum atomic E-state index is 11.4. The number of aromatic carboxylic acids is 1. The second kappa shape index (κ2) is 8.10. The highest BCUT2D eigenvalue weighted by atomic mass is 32.1. The smallest absolute Gasteiger partial charge is 0.345 e. The molecular formula is C24H20O2PS+. The van der Waals surface area contributed by atoms with Gasteiger partial charge in [-0.05, 0) is 48.5 Å². The van der Waals surface area contributed by atoms with E-state index in [1.54, 1.807) is 6.07 Å². The highest BCUT2D eigenvalue weighted by Crippen LogP contribution is 2.58. The summed E-state index contributed by atoms with van der Waals surface area (Å²) in [5, 5.41) is 13.3. The molecule has 0 saturated heterocycles. The zero-order valence-corrected chi connectivity index (χ0v) is 16.9. The molecule has 1 aromatic heterocycles. The third-order valence-electron chi connectivity index (χ3n) is 4.86. The lowest BCUT2D eigenvalue weighted by Gasteiger charge is -2.27. The van der Waals surface area contributed by atoms with Gasteiger partial charge in [0.1, 0.15) is 34.2 Å². The molecule has 0 radical (unpaired) electrons. The maximum Gasteiger partial charge on any atom is 0.345 e. The Morgan fingerprint density at radius 3 is 1.46 bits per heavy atom. The molecule has 4 heteroatoms. The minimum atomic E-state index is -1.97. The molecule has 3 aromatic carbocycles. The van der Waals surface area contributed by atoms with Crippen LogP contribution in [0.15, 0.2) is 103 Å². The average Bonchev–Trinajstić information content (AvgIpc) is 3.23. The van der Waals surface area contributed by atoms with Gasteiger partial charge in [0, 0.05) is 4.88 Å². The Morgan fingerprint density at radius 2 is 1.11 bits per heavy atom. The van der Waals surface area contributed by atoms with Crippen LogP contribution in [0, 0.1) is 0 Å². The van der Waals surface area contributed by atoms with Crippen LogP contribution in [0.4, 0.5) is 0 Å². The molecule has 138 valence electrons. The Balaban J connectivity index is 1.96. The number of hydrogen-bond donors (Lipinski definition) is 1. The van der Waals surface area contributed by atoms with Crippen LogP contribution in [0.2, 0.25) is 0 Å². The zero-order chi connectivity index (χ0) is 19.4. The van der Waals surface area contributed by atoms with Gasteiger partial charge in [0.15, 0.2) is 0 Å². The quantitative estimate of drug-likeness (QED) is 0.463. The molecule has 1 heterocycles. The molecule has 0 unspecified atom stereocenters. The van der Waals surface area contributed by atoms with E-state index in [0.29, 0.717) is 4.88 Å². The number of rotatable bonds is 6.